The molecular weight excluding hydrogens is 629 g/mol. The molecule has 1 aliphatic rings. The van der Waals surface area contributed by atoms with Crippen LogP contribution in [-0.2, 0) is 37.2 Å². The molecule has 280 valence electrons. The molecule has 2 aromatic rings. The maximum Gasteiger partial charge on any atom is 2.00 e. The van der Waals surface area contributed by atoms with Crippen LogP contribution >= 0.6 is 0 Å². The van der Waals surface area contributed by atoms with Gasteiger partial charge in [0.2, 0.25) is 0 Å². The topological polar surface area (TPSA) is 63.2 Å². The average molecular weight is 709 g/mol. The maximum absolute atomic E-state index is 5.06. The van der Waals surface area contributed by atoms with Crippen molar-refractivity contribution in [2.24, 2.45) is 5.92 Å². The van der Waals surface area contributed by atoms with E-state index in [0.717, 1.165) is 56.5 Å². The van der Waals surface area contributed by atoms with Crippen molar-refractivity contribution in [1.29, 1.82) is 0 Å². The van der Waals surface area contributed by atoms with Crippen molar-refractivity contribution in [2.45, 2.75) is 222 Å². The molecule has 5 nitrogen and oxygen atoms in total. The van der Waals surface area contributed by atoms with Crippen molar-refractivity contribution in [3.8, 4) is 0 Å². The van der Waals surface area contributed by atoms with Crippen LogP contribution in [0.15, 0.2) is 0 Å². The van der Waals surface area contributed by atoms with Gasteiger partial charge in [-0.3, -0.25) is 0 Å². The minimum atomic E-state index is 0. The first-order valence-electron chi connectivity index (χ1n) is 19.5. The van der Waals surface area contributed by atoms with Gasteiger partial charge in [0.25, 0.3) is 0 Å². The van der Waals surface area contributed by atoms with E-state index in [-0.39, 0.29) is 70.2 Å². The fraction of sp³-hybridized carbons (Fsp3) is 0.860. The van der Waals surface area contributed by atoms with Gasteiger partial charge in [0, 0.05) is 13.2 Å². The second-order valence-corrected chi connectivity index (χ2v) is 19.5. The summed E-state index contributed by atoms with van der Waals surface area (Å²) in [6.45, 7) is 45.0. The molecule has 49 heavy (non-hydrogen) atoms. The van der Waals surface area contributed by atoms with Gasteiger partial charge in [-0.25, -0.2) is 0 Å². The van der Waals surface area contributed by atoms with E-state index < -0.39 is 0 Å². The molecule has 0 aliphatic carbocycles. The van der Waals surface area contributed by atoms with Gasteiger partial charge >= 0.3 is 37.7 Å². The first-order valence-corrected chi connectivity index (χ1v) is 19.5. The van der Waals surface area contributed by atoms with E-state index in [1.807, 2.05) is 0 Å². The molecule has 0 saturated carbocycles. The third-order valence-electron chi connectivity index (χ3n) is 9.88. The Hall–Kier alpha value is -0.360. The Balaban J connectivity index is 0.000000787. The van der Waals surface area contributed by atoms with Crippen molar-refractivity contribution in [3.05, 3.63) is 34.4 Å². The van der Waals surface area contributed by atoms with Crippen LogP contribution in [0.2, 0.25) is 0 Å². The monoisotopic (exact) mass is 709 g/mol. The van der Waals surface area contributed by atoms with E-state index in [2.05, 4.69) is 132 Å². The Morgan fingerprint density at radius 2 is 0.857 bits per heavy atom. The molecule has 1 unspecified atom stereocenters. The fourth-order valence-corrected chi connectivity index (χ4v) is 6.87. The van der Waals surface area contributed by atoms with Crippen molar-refractivity contribution in [3.63, 3.8) is 0 Å². The summed E-state index contributed by atoms with van der Waals surface area (Å²) in [5.74, 6) is 2.83. The Kier molecular flexibility index (Phi) is 19.5. The zero-order valence-electron chi connectivity index (χ0n) is 36.3. The largest absolute Gasteiger partial charge is 2.00 e. The number of imidazole rings is 2. The quantitative estimate of drug-likeness (QED) is 0.205. The third kappa shape index (κ3) is 14.5. The Bertz CT molecular complexity index is 1050. The number of nitrogens with zero attached hydrogens (tertiary/aromatic N) is 4. The first kappa shape index (κ1) is 48.6. The zero-order chi connectivity index (χ0) is 37.4. The Labute approximate surface area is 335 Å². The van der Waals surface area contributed by atoms with E-state index in [0.29, 0.717) is 0 Å². The summed E-state index contributed by atoms with van der Waals surface area (Å²) in [7, 11) is 0. The molecule has 2 aromatic heterocycles. The maximum atomic E-state index is 5.06. The molecule has 1 atom stereocenters. The van der Waals surface area contributed by atoms with Gasteiger partial charge in [0.05, 0.1) is 0 Å². The number of hydrogen-bond acceptors (Lipinski definition) is 3. The van der Waals surface area contributed by atoms with Crippen LogP contribution in [0.25, 0.3) is 0 Å². The predicted molar refractivity (Wildman–Crippen MR) is 215 cm³/mol. The molecular formula is C43H80CaN4O. The standard InChI is InChI=1S/2C19H35N2.C5H10O.Ca/c2*1-10-12-18(6,7)14-15(19(8,9)13-11-2)21-16(20-14)17(3,4)5;1-5-2-3-6-4-5;/h2*10-13H2,1-9H3;5H,2-4H2,1H3;/q2*-1;;+2. The van der Waals surface area contributed by atoms with Gasteiger partial charge in [-0.15, -0.1) is 0 Å². The molecule has 1 fully saturated rings. The molecule has 0 aromatic carbocycles. The zero-order valence-corrected chi connectivity index (χ0v) is 38.5. The number of hydrogen-bond donors (Lipinski definition) is 0. The van der Waals surface area contributed by atoms with Crippen LogP contribution in [0.1, 0.15) is 224 Å². The number of aromatic nitrogens is 4. The van der Waals surface area contributed by atoms with Crippen LogP contribution in [0, 0.1) is 5.92 Å². The van der Waals surface area contributed by atoms with E-state index in [4.69, 9.17) is 24.7 Å². The normalized spacial score (nSPS) is 16.0. The predicted octanol–water partition coefficient (Wildman–Crippen LogP) is 11.6. The van der Waals surface area contributed by atoms with Gasteiger partial charge < -0.3 is 24.7 Å². The van der Waals surface area contributed by atoms with E-state index in [1.165, 1.54) is 54.9 Å². The first-order chi connectivity index (χ1) is 21.8. The van der Waals surface area contributed by atoms with Crippen LogP contribution in [-0.4, -0.2) is 60.9 Å². The fourth-order valence-electron chi connectivity index (χ4n) is 6.87. The SMILES string of the molecule is CC1CCOC1.CCCC(C)(C)c1nc(C(C)(C)C)[n-]c1C(C)(C)CCC.CCCC(C)(C)c1nc(C(C)(C)C)[n-]c1C(C)(C)CCC.[Ca+2]. The molecule has 0 radical (unpaired) electrons. The van der Waals surface area contributed by atoms with Gasteiger partial charge in [-0.05, 0) is 70.5 Å². The molecule has 0 spiro atoms. The summed E-state index contributed by atoms with van der Waals surface area (Å²) in [6.07, 6.45) is 10.6. The van der Waals surface area contributed by atoms with Gasteiger partial charge in [0.1, 0.15) is 0 Å². The summed E-state index contributed by atoms with van der Waals surface area (Å²) < 4.78 is 5.06. The van der Waals surface area contributed by atoms with Crippen LogP contribution in [0.4, 0.5) is 0 Å². The van der Waals surface area contributed by atoms with Gasteiger partial charge in [-0.1, -0.05) is 192 Å². The van der Waals surface area contributed by atoms with Gasteiger partial charge in [-0.2, -0.15) is 0 Å². The summed E-state index contributed by atoms with van der Waals surface area (Å²) in [4.78, 5) is 20.0. The van der Waals surface area contributed by atoms with Crippen LogP contribution in [0.3, 0.4) is 0 Å². The smallest absolute Gasteiger partial charge is 0.442 e. The summed E-state index contributed by atoms with van der Waals surface area (Å²) in [6, 6.07) is 0. The van der Waals surface area contributed by atoms with Crippen LogP contribution < -0.4 is 9.97 Å². The van der Waals surface area contributed by atoms with Crippen molar-refractivity contribution < 1.29 is 4.74 Å². The average Bonchev–Trinajstić information content (AvgIpc) is 3.69. The second-order valence-electron chi connectivity index (χ2n) is 19.5. The van der Waals surface area contributed by atoms with Gasteiger partial charge in [0.15, 0.2) is 0 Å². The molecule has 3 heterocycles. The van der Waals surface area contributed by atoms with Crippen molar-refractivity contribution in [1.82, 2.24) is 19.9 Å². The second kappa shape index (κ2) is 19.6. The van der Waals surface area contributed by atoms with Crippen molar-refractivity contribution in [2.75, 3.05) is 13.2 Å². The number of ether oxygens (including phenoxy) is 1. The summed E-state index contributed by atoms with van der Waals surface area (Å²) in [5.41, 5.74) is 5.35. The van der Waals surface area contributed by atoms with Crippen LogP contribution in [0.5, 0.6) is 0 Å². The van der Waals surface area contributed by atoms with E-state index >= 15 is 0 Å². The third-order valence-corrected chi connectivity index (χ3v) is 9.88. The molecule has 0 bridgehead atoms. The Morgan fingerprint density at radius 3 is 1.06 bits per heavy atom. The molecule has 1 aliphatic heterocycles. The summed E-state index contributed by atoms with van der Waals surface area (Å²) in [5, 5.41) is 0. The molecule has 6 heteroatoms. The van der Waals surface area contributed by atoms with E-state index in [1.54, 1.807) is 0 Å². The van der Waals surface area contributed by atoms with E-state index in [9.17, 15) is 0 Å². The minimum Gasteiger partial charge on any atom is -0.442 e. The molecule has 3 rings (SSSR count). The Morgan fingerprint density at radius 1 is 0.551 bits per heavy atom. The van der Waals surface area contributed by atoms with Crippen molar-refractivity contribution >= 4 is 37.7 Å². The molecule has 0 N–H and O–H groups in total. The molecule has 0 amide bonds. The summed E-state index contributed by atoms with van der Waals surface area (Å²) >= 11 is 0. The minimum absolute atomic E-state index is 0. The number of rotatable bonds is 12. The molecule has 1 saturated heterocycles.